The number of nitrogens with one attached hydrogen (secondary N) is 1. The van der Waals surface area contributed by atoms with Gasteiger partial charge in [-0.25, -0.2) is 13.9 Å². The minimum absolute atomic E-state index is 0.217. The lowest BCUT2D eigenvalue weighted by molar-refractivity contribution is 0.102. The molecule has 5 rings (SSSR count). The topological polar surface area (TPSA) is 94.9 Å². The van der Waals surface area contributed by atoms with E-state index in [2.05, 4.69) is 25.6 Å². The molecule has 1 amide bonds. The fourth-order valence-corrected chi connectivity index (χ4v) is 3.99. The summed E-state index contributed by atoms with van der Waals surface area (Å²) in [6, 6.07) is 7.67. The summed E-state index contributed by atoms with van der Waals surface area (Å²) >= 11 is 6.09. The van der Waals surface area contributed by atoms with Gasteiger partial charge in [0.25, 0.3) is 5.91 Å². The zero-order chi connectivity index (χ0) is 23.8. The first kappa shape index (κ1) is 21.8. The smallest absolute Gasteiger partial charge is 0.276 e. The molecule has 0 saturated carbocycles. The lowest BCUT2D eigenvalue weighted by Gasteiger charge is -2.05. The largest absolute Gasteiger partial charge is 0.318 e. The van der Waals surface area contributed by atoms with Crippen molar-refractivity contribution in [3.63, 3.8) is 0 Å². The lowest BCUT2D eigenvalue weighted by atomic mass is 10.2. The molecule has 0 unspecified atom stereocenters. The number of hydrogen-bond donors (Lipinski definition) is 1. The van der Waals surface area contributed by atoms with Gasteiger partial charge in [-0.2, -0.15) is 15.3 Å². The Morgan fingerprint density at radius 3 is 2.79 bits per heavy atom. The Hall–Kier alpha value is -4.05. The van der Waals surface area contributed by atoms with Crippen LogP contribution in [0.5, 0.6) is 0 Å². The Morgan fingerprint density at radius 2 is 2.03 bits per heavy atom. The molecule has 0 spiro atoms. The molecule has 0 fully saturated rings. The van der Waals surface area contributed by atoms with Crippen LogP contribution in [0, 0.1) is 12.7 Å². The average molecular weight is 479 g/mol. The Kier molecular flexibility index (Phi) is 5.58. The van der Waals surface area contributed by atoms with Crippen molar-refractivity contribution in [1.29, 1.82) is 0 Å². The molecule has 0 aliphatic rings. The van der Waals surface area contributed by atoms with Crippen LogP contribution in [0.3, 0.4) is 0 Å². The van der Waals surface area contributed by atoms with Gasteiger partial charge in [0.05, 0.1) is 30.3 Å². The molecule has 0 atom stereocenters. The van der Waals surface area contributed by atoms with E-state index in [0.717, 1.165) is 23.5 Å². The molecule has 172 valence electrons. The second kappa shape index (κ2) is 8.71. The quantitative estimate of drug-likeness (QED) is 0.394. The van der Waals surface area contributed by atoms with E-state index < -0.39 is 11.7 Å². The molecule has 9 nitrogen and oxygen atoms in total. The molecule has 34 heavy (non-hydrogen) atoms. The van der Waals surface area contributed by atoms with Gasteiger partial charge < -0.3 is 5.32 Å². The van der Waals surface area contributed by atoms with Crippen molar-refractivity contribution < 1.29 is 9.18 Å². The third-order valence-corrected chi connectivity index (χ3v) is 5.86. The Morgan fingerprint density at radius 1 is 1.18 bits per heavy atom. The molecule has 0 bridgehead atoms. The first-order valence-electron chi connectivity index (χ1n) is 10.6. The predicted molar refractivity (Wildman–Crippen MR) is 125 cm³/mol. The third kappa shape index (κ3) is 4.03. The number of benzene rings is 1. The maximum absolute atomic E-state index is 13.3. The maximum atomic E-state index is 13.3. The minimum atomic E-state index is -0.401. The molecule has 1 aromatic carbocycles. The van der Waals surface area contributed by atoms with Crippen LogP contribution in [0.15, 0.2) is 55.1 Å². The van der Waals surface area contributed by atoms with Gasteiger partial charge in [-0.15, -0.1) is 0 Å². The maximum Gasteiger partial charge on any atom is 0.276 e. The highest BCUT2D eigenvalue weighted by atomic mass is 35.5. The summed E-state index contributed by atoms with van der Waals surface area (Å²) in [4.78, 5) is 17.2. The summed E-state index contributed by atoms with van der Waals surface area (Å²) < 4.78 is 18.4. The number of anilines is 1. The monoisotopic (exact) mass is 478 g/mol. The summed E-state index contributed by atoms with van der Waals surface area (Å²) in [7, 11) is 0. The van der Waals surface area contributed by atoms with E-state index >= 15 is 0 Å². The number of carbonyl (C=O) groups excluding carboxylic acids is 1. The van der Waals surface area contributed by atoms with Gasteiger partial charge in [0.15, 0.2) is 11.3 Å². The number of halogens is 2. The van der Waals surface area contributed by atoms with Crippen LogP contribution in [0.4, 0.5) is 10.1 Å². The number of aromatic nitrogens is 7. The lowest BCUT2D eigenvalue weighted by Crippen LogP contribution is -2.12. The van der Waals surface area contributed by atoms with Crippen molar-refractivity contribution in [3.8, 4) is 11.3 Å². The summed E-state index contributed by atoms with van der Waals surface area (Å²) in [5, 5.41) is 16.2. The molecule has 0 aliphatic heterocycles. The molecule has 1 N–H and O–H groups in total. The van der Waals surface area contributed by atoms with E-state index in [0.29, 0.717) is 28.5 Å². The number of aryl methyl sites for hydroxylation is 1. The molecule has 4 aromatic heterocycles. The van der Waals surface area contributed by atoms with Gasteiger partial charge in [0.1, 0.15) is 5.82 Å². The Labute approximate surface area is 198 Å². The molecule has 0 radical (unpaired) electrons. The van der Waals surface area contributed by atoms with Gasteiger partial charge in [-0.3, -0.25) is 14.2 Å². The summed E-state index contributed by atoms with van der Waals surface area (Å²) in [6.45, 7) is 5.11. The summed E-state index contributed by atoms with van der Waals surface area (Å²) in [5.74, 6) is -0.793. The average Bonchev–Trinajstić information content (AvgIpc) is 3.53. The molecule has 11 heteroatoms. The third-order valence-electron chi connectivity index (χ3n) is 5.51. The Balaban J connectivity index is 1.37. The zero-order valence-electron chi connectivity index (χ0n) is 18.4. The second-order valence-corrected chi connectivity index (χ2v) is 8.11. The van der Waals surface area contributed by atoms with Crippen LogP contribution >= 0.6 is 11.6 Å². The van der Waals surface area contributed by atoms with E-state index in [1.165, 1.54) is 18.3 Å². The number of carbonyl (C=O) groups is 1. The van der Waals surface area contributed by atoms with E-state index in [9.17, 15) is 9.18 Å². The first-order valence-corrected chi connectivity index (χ1v) is 11.0. The van der Waals surface area contributed by atoms with Crippen molar-refractivity contribution in [2.24, 2.45) is 0 Å². The fraction of sp³-hybridized carbons (Fsp3) is 0.174. The predicted octanol–water partition coefficient (Wildman–Crippen LogP) is 4.21. The van der Waals surface area contributed by atoms with Crippen molar-refractivity contribution in [1.82, 2.24) is 34.2 Å². The van der Waals surface area contributed by atoms with E-state index in [1.807, 2.05) is 24.6 Å². The standard InChI is InChI=1S/C23H20ClFN8O/c1-3-32-14(2)18(11-28-32)21-6-7-26-22-9-20(30-33(21)22)23(34)29-17-10-27-31(13-17)12-15-4-5-16(25)8-19(15)24/h4-11,13H,3,12H2,1-2H3,(H,29,34). The van der Waals surface area contributed by atoms with Crippen molar-refractivity contribution in [2.75, 3.05) is 5.32 Å². The number of rotatable bonds is 6. The van der Waals surface area contributed by atoms with Crippen LogP contribution in [-0.4, -0.2) is 40.1 Å². The number of fused-ring (bicyclic) bond motifs is 1. The number of hydrogen-bond acceptors (Lipinski definition) is 5. The van der Waals surface area contributed by atoms with E-state index in [1.54, 1.807) is 39.9 Å². The highest BCUT2D eigenvalue weighted by Gasteiger charge is 2.17. The van der Waals surface area contributed by atoms with Crippen molar-refractivity contribution >= 4 is 28.8 Å². The van der Waals surface area contributed by atoms with Crippen LogP contribution in [-0.2, 0) is 13.1 Å². The van der Waals surface area contributed by atoms with Crippen LogP contribution in [0.25, 0.3) is 16.9 Å². The number of nitrogens with zero attached hydrogens (tertiary/aromatic N) is 7. The molecule has 0 aliphatic carbocycles. The minimum Gasteiger partial charge on any atom is -0.318 e. The van der Waals surface area contributed by atoms with Crippen molar-refractivity contribution in [2.45, 2.75) is 26.9 Å². The summed E-state index contributed by atoms with van der Waals surface area (Å²) in [5.41, 5.74) is 4.70. The highest BCUT2D eigenvalue weighted by molar-refractivity contribution is 6.31. The van der Waals surface area contributed by atoms with Crippen molar-refractivity contribution in [3.05, 3.63) is 82.9 Å². The second-order valence-electron chi connectivity index (χ2n) is 7.71. The van der Waals surface area contributed by atoms with Crippen LogP contribution in [0.1, 0.15) is 28.7 Å². The van der Waals surface area contributed by atoms with Gasteiger partial charge in [0, 0.05) is 41.3 Å². The van der Waals surface area contributed by atoms with Gasteiger partial charge in [-0.1, -0.05) is 17.7 Å². The zero-order valence-corrected chi connectivity index (χ0v) is 19.2. The molecule has 5 aromatic rings. The number of amides is 1. The molecule has 0 saturated heterocycles. The molecule has 4 heterocycles. The summed E-state index contributed by atoms with van der Waals surface area (Å²) in [6.07, 6.45) is 6.66. The van der Waals surface area contributed by atoms with Crippen LogP contribution in [0.2, 0.25) is 5.02 Å². The molecular formula is C23H20ClFN8O. The van der Waals surface area contributed by atoms with Gasteiger partial charge in [-0.05, 0) is 37.6 Å². The normalized spacial score (nSPS) is 11.3. The van der Waals surface area contributed by atoms with E-state index in [-0.39, 0.29) is 5.69 Å². The Bertz CT molecular complexity index is 1520. The fourth-order valence-electron chi connectivity index (χ4n) is 3.76. The highest BCUT2D eigenvalue weighted by Crippen LogP contribution is 2.24. The SMILES string of the molecule is CCn1ncc(-c2ccnc3cc(C(=O)Nc4cnn(Cc5ccc(F)cc5Cl)c4)nn23)c1C. The van der Waals surface area contributed by atoms with Crippen LogP contribution < -0.4 is 5.32 Å². The van der Waals surface area contributed by atoms with E-state index in [4.69, 9.17) is 11.6 Å². The molecular weight excluding hydrogens is 459 g/mol. The van der Waals surface area contributed by atoms with Gasteiger partial charge in [0.2, 0.25) is 0 Å². The first-order chi connectivity index (χ1) is 16.4. The van der Waals surface area contributed by atoms with Gasteiger partial charge >= 0.3 is 0 Å².